The van der Waals surface area contributed by atoms with Crippen LogP contribution in [0.1, 0.15) is 53.1 Å². The third-order valence-electron chi connectivity index (χ3n) is 7.95. The summed E-state index contributed by atoms with van der Waals surface area (Å²) < 4.78 is 7.61. The number of carbonyl (C=O) groups is 1. The number of benzene rings is 1. The van der Waals surface area contributed by atoms with Gasteiger partial charge in [-0.15, -0.1) is 11.8 Å². The number of carbonyl (C=O) groups excluding carboxylic acids is 1. The van der Waals surface area contributed by atoms with Gasteiger partial charge in [0, 0.05) is 45.3 Å². The number of H-pyrrole nitrogens is 1. The largest absolute Gasteiger partial charge is 0.378 e. The second-order valence-corrected chi connectivity index (χ2v) is 11.2. The van der Waals surface area contributed by atoms with E-state index in [1.54, 1.807) is 0 Å². The highest BCUT2D eigenvalue weighted by atomic mass is 32.2. The van der Waals surface area contributed by atoms with Crippen LogP contribution in [0, 0.1) is 25.7 Å². The van der Waals surface area contributed by atoms with Crippen molar-refractivity contribution in [3.63, 3.8) is 0 Å². The molecule has 3 heterocycles. The number of hydrogen-bond donors (Lipinski definition) is 3. The van der Waals surface area contributed by atoms with Gasteiger partial charge in [-0.25, -0.2) is 0 Å². The number of thioether (sulfide) groups is 1. The minimum absolute atomic E-state index is 0.139. The number of fused-ring (bicyclic) bond motifs is 1. The van der Waals surface area contributed by atoms with E-state index in [4.69, 9.17) is 4.74 Å². The van der Waals surface area contributed by atoms with Crippen LogP contribution in [0.3, 0.4) is 0 Å². The molecule has 1 atom stereocenters. The fourth-order valence-electron chi connectivity index (χ4n) is 5.74. The topological polar surface area (TPSA) is 88.2 Å². The zero-order valence-corrected chi connectivity index (χ0v) is 22.3. The van der Waals surface area contributed by atoms with Crippen molar-refractivity contribution < 1.29 is 9.53 Å². The second-order valence-electron chi connectivity index (χ2n) is 10.3. The van der Waals surface area contributed by atoms with Crippen LogP contribution in [0.2, 0.25) is 0 Å². The number of amides is 1. The van der Waals surface area contributed by atoms with Crippen molar-refractivity contribution in [1.29, 1.82) is 0 Å². The molecule has 0 unspecified atom stereocenters. The summed E-state index contributed by atoms with van der Waals surface area (Å²) in [4.78, 5) is 29.8. The molecule has 2 aromatic heterocycles. The number of pyridine rings is 1. The molecule has 1 aliphatic carbocycles. The summed E-state index contributed by atoms with van der Waals surface area (Å²) in [5.41, 5.74) is 4.05. The van der Waals surface area contributed by atoms with E-state index in [-0.39, 0.29) is 18.0 Å². The molecule has 5 rings (SSSR count). The average Bonchev–Trinajstić information content (AvgIpc) is 3.09. The van der Waals surface area contributed by atoms with Gasteiger partial charge < -0.3 is 24.9 Å². The quantitative estimate of drug-likeness (QED) is 0.378. The first-order valence-corrected chi connectivity index (χ1v) is 14.1. The summed E-state index contributed by atoms with van der Waals surface area (Å²) in [6.07, 6.45) is 4.34. The maximum Gasteiger partial charge on any atom is 0.254 e. The minimum atomic E-state index is -0.147. The van der Waals surface area contributed by atoms with Gasteiger partial charge in [0.1, 0.15) is 0 Å². The lowest BCUT2D eigenvalue weighted by molar-refractivity contribution is -0.0102. The molecule has 7 nitrogen and oxygen atoms in total. The highest BCUT2D eigenvalue weighted by molar-refractivity contribution is 7.98. The Bertz CT molecular complexity index is 1320. The van der Waals surface area contributed by atoms with Crippen LogP contribution < -0.4 is 16.2 Å². The van der Waals surface area contributed by atoms with Crippen LogP contribution in [0.15, 0.2) is 40.0 Å². The van der Waals surface area contributed by atoms with E-state index < -0.39 is 0 Å². The van der Waals surface area contributed by atoms with E-state index in [0.717, 1.165) is 46.9 Å². The van der Waals surface area contributed by atoms with Crippen molar-refractivity contribution in [2.45, 2.75) is 57.1 Å². The zero-order chi connectivity index (χ0) is 25.4. The molecule has 3 aromatic rings. The van der Waals surface area contributed by atoms with Gasteiger partial charge in [0.2, 0.25) is 0 Å². The summed E-state index contributed by atoms with van der Waals surface area (Å²) in [6.45, 7) is 9.13. The maximum atomic E-state index is 13.5. The van der Waals surface area contributed by atoms with Gasteiger partial charge in [0.25, 0.3) is 11.5 Å². The summed E-state index contributed by atoms with van der Waals surface area (Å²) in [6, 6.07) is 11.0. The molecule has 1 amide bonds. The van der Waals surface area contributed by atoms with Gasteiger partial charge in [-0.2, -0.15) is 0 Å². The summed E-state index contributed by atoms with van der Waals surface area (Å²) in [5, 5.41) is 7.61. The van der Waals surface area contributed by atoms with Crippen molar-refractivity contribution >= 4 is 28.6 Å². The molecule has 36 heavy (non-hydrogen) atoms. The molecule has 1 saturated heterocycles. The Morgan fingerprint density at radius 1 is 1.25 bits per heavy atom. The molecule has 2 aliphatic rings. The van der Waals surface area contributed by atoms with Crippen molar-refractivity contribution in [2.24, 2.45) is 11.8 Å². The highest BCUT2D eigenvalue weighted by Gasteiger charge is 2.36. The number of nitrogens with one attached hydrogen (secondary N) is 3. The van der Waals surface area contributed by atoms with E-state index in [2.05, 4.69) is 33.2 Å². The molecule has 2 fully saturated rings. The van der Waals surface area contributed by atoms with E-state index in [9.17, 15) is 9.59 Å². The monoisotopic (exact) mass is 508 g/mol. The summed E-state index contributed by atoms with van der Waals surface area (Å²) in [7, 11) is 0. The number of nitrogens with zero attached hydrogens (tertiary/aromatic N) is 1. The van der Waals surface area contributed by atoms with Crippen LogP contribution in [-0.2, 0) is 11.3 Å². The summed E-state index contributed by atoms with van der Waals surface area (Å²) in [5.74, 6) is 1.16. The van der Waals surface area contributed by atoms with Gasteiger partial charge in [0.15, 0.2) is 0 Å². The number of aryl methyl sites for hydroxylation is 1. The molecule has 1 saturated carbocycles. The van der Waals surface area contributed by atoms with Gasteiger partial charge in [0.05, 0.1) is 24.8 Å². The maximum absolute atomic E-state index is 13.5. The molecule has 3 N–H and O–H groups in total. The Balaban J connectivity index is 1.34. The Kier molecular flexibility index (Phi) is 7.28. The number of aromatic amines is 1. The van der Waals surface area contributed by atoms with Gasteiger partial charge in [-0.05, 0) is 70.4 Å². The Morgan fingerprint density at radius 3 is 2.69 bits per heavy atom. The SMILES string of the molecule is CSc1cc(C)[nH]c(=O)c1CNC(=O)c1c(C)n([C@H](C)C2CC(CNC3COC3)C2)c2ccccc12. The van der Waals surface area contributed by atoms with Crippen molar-refractivity contribution in [3.05, 3.63) is 63.2 Å². The highest BCUT2D eigenvalue weighted by Crippen LogP contribution is 2.43. The van der Waals surface area contributed by atoms with Crippen LogP contribution >= 0.6 is 11.8 Å². The first kappa shape index (κ1) is 25.1. The molecular weight excluding hydrogens is 472 g/mol. The molecule has 0 spiro atoms. The Morgan fingerprint density at radius 2 is 2.00 bits per heavy atom. The number of rotatable bonds is 9. The third kappa shape index (κ3) is 4.74. The first-order valence-electron chi connectivity index (χ1n) is 12.8. The standard InChI is InChI=1S/C28H36N4O3S/c1-16-9-25(36-4)23(27(33)31-16)13-30-28(34)26-18(3)32(24-8-6-5-7-22(24)26)17(2)20-10-19(11-20)12-29-21-14-35-15-21/h5-9,17,19-21,29H,10-15H2,1-4H3,(H,30,34)(H,31,33)/t17-,19?,20?/m1/s1. The number of aromatic nitrogens is 2. The second kappa shape index (κ2) is 10.4. The number of ether oxygens (including phenoxy) is 1. The number of hydrogen-bond acceptors (Lipinski definition) is 5. The fraction of sp³-hybridized carbons (Fsp3) is 0.500. The van der Waals surface area contributed by atoms with E-state index in [0.29, 0.717) is 35.0 Å². The lowest BCUT2D eigenvalue weighted by atomic mass is 9.71. The third-order valence-corrected chi connectivity index (χ3v) is 8.76. The van der Waals surface area contributed by atoms with Crippen LogP contribution in [0.4, 0.5) is 0 Å². The van der Waals surface area contributed by atoms with Crippen LogP contribution in [0.25, 0.3) is 10.9 Å². The van der Waals surface area contributed by atoms with Gasteiger partial charge in [-0.1, -0.05) is 18.2 Å². The molecule has 192 valence electrons. The molecule has 8 heteroatoms. The zero-order valence-electron chi connectivity index (χ0n) is 21.5. The number of para-hydroxylation sites is 1. The van der Waals surface area contributed by atoms with Crippen molar-refractivity contribution in [2.75, 3.05) is 26.0 Å². The Labute approximate surface area is 216 Å². The smallest absolute Gasteiger partial charge is 0.254 e. The molecular formula is C28H36N4O3S. The molecule has 0 bridgehead atoms. The lowest BCUT2D eigenvalue weighted by Crippen LogP contribution is -2.49. The van der Waals surface area contributed by atoms with Crippen molar-refractivity contribution in [3.8, 4) is 0 Å². The van der Waals surface area contributed by atoms with E-state index in [1.165, 1.54) is 24.6 Å². The molecule has 0 radical (unpaired) electrons. The van der Waals surface area contributed by atoms with Crippen molar-refractivity contribution in [1.82, 2.24) is 20.2 Å². The fourth-order valence-corrected chi connectivity index (χ4v) is 6.45. The predicted molar refractivity (Wildman–Crippen MR) is 145 cm³/mol. The average molecular weight is 509 g/mol. The Hall–Kier alpha value is -2.55. The first-order chi connectivity index (χ1) is 17.4. The van der Waals surface area contributed by atoms with Crippen LogP contribution in [-0.4, -0.2) is 47.5 Å². The lowest BCUT2D eigenvalue weighted by Gasteiger charge is -2.41. The molecule has 1 aromatic carbocycles. The van der Waals surface area contributed by atoms with Crippen LogP contribution in [0.5, 0.6) is 0 Å². The van der Waals surface area contributed by atoms with Gasteiger partial charge >= 0.3 is 0 Å². The minimum Gasteiger partial charge on any atom is -0.378 e. The molecule has 1 aliphatic heterocycles. The van der Waals surface area contributed by atoms with E-state index >= 15 is 0 Å². The normalized spacial score (nSPS) is 20.7. The predicted octanol–water partition coefficient (Wildman–Crippen LogP) is 4.17. The van der Waals surface area contributed by atoms with E-state index in [1.807, 2.05) is 44.4 Å². The summed E-state index contributed by atoms with van der Waals surface area (Å²) >= 11 is 1.52. The van der Waals surface area contributed by atoms with Gasteiger partial charge in [-0.3, -0.25) is 9.59 Å².